The van der Waals surface area contributed by atoms with E-state index in [1.807, 2.05) is 0 Å². The van der Waals surface area contributed by atoms with Gasteiger partial charge in [-0.25, -0.2) is 0 Å². The van der Waals surface area contributed by atoms with E-state index in [1.165, 1.54) is 37.7 Å². The van der Waals surface area contributed by atoms with Crippen molar-refractivity contribution in [2.75, 3.05) is 0 Å². The molecule has 4 rings (SSSR count). The van der Waals surface area contributed by atoms with Crippen molar-refractivity contribution >= 4 is 11.4 Å². The Labute approximate surface area is 177 Å². The van der Waals surface area contributed by atoms with E-state index in [-0.39, 0.29) is 18.0 Å². The molecule has 30 heavy (non-hydrogen) atoms. The molecule has 0 aliphatic heterocycles. The molecule has 3 aliphatic rings. The van der Waals surface area contributed by atoms with Crippen molar-refractivity contribution < 1.29 is 14.4 Å². The van der Waals surface area contributed by atoms with E-state index >= 15 is 0 Å². The zero-order valence-corrected chi connectivity index (χ0v) is 17.6. The van der Waals surface area contributed by atoms with Crippen LogP contribution in [0.5, 0.6) is 18.0 Å². The Bertz CT molecular complexity index is 665. The third kappa shape index (κ3) is 6.50. The second-order valence-electron chi connectivity index (χ2n) is 8.26. The summed E-state index contributed by atoms with van der Waals surface area (Å²) in [6, 6.07) is 0.277. The van der Waals surface area contributed by atoms with Crippen LogP contribution < -0.4 is 14.4 Å². The summed E-state index contributed by atoms with van der Waals surface area (Å²) < 4.78 is 5.73. The molecule has 0 atom stereocenters. The standard InChI is InChI=1S/C22H31N5O3/c1-4-10-17(11-5-1)16-28-20-23-21(29-26-18-12-6-2-7-13-18)25-22(24-20)30-27-19-14-8-3-9-15-19/h16H,1-15H2. The number of allylic oxidation sites excluding steroid dienone is 1. The fourth-order valence-electron chi connectivity index (χ4n) is 4.03. The predicted molar refractivity (Wildman–Crippen MR) is 114 cm³/mol. The summed E-state index contributed by atoms with van der Waals surface area (Å²) in [5, 5.41) is 8.47. The monoisotopic (exact) mass is 413 g/mol. The molecule has 162 valence electrons. The second kappa shape index (κ2) is 11.0. The van der Waals surface area contributed by atoms with Gasteiger partial charge in [0.25, 0.3) is 0 Å². The first kappa shape index (κ1) is 20.8. The highest BCUT2D eigenvalue weighted by Crippen LogP contribution is 2.24. The maximum atomic E-state index is 5.73. The third-order valence-corrected chi connectivity index (χ3v) is 5.77. The van der Waals surface area contributed by atoms with E-state index in [0.29, 0.717) is 0 Å². The van der Waals surface area contributed by atoms with Gasteiger partial charge in [-0.3, -0.25) is 0 Å². The molecule has 3 saturated carbocycles. The van der Waals surface area contributed by atoms with Gasteiger partial charge in [0, 0.05) is 0 Å². The van der Waals surface area contributed by atoms with Crippen molar-refractivity contribution in [2.45, 2.75) is 96.3 Å². The van der Waals surface area contributed by atoms with Gasteiger partial charge in [-0.2, -0.15) is 0 Å². The molecular weight excluding hydrogens is 382 g/mol. The highest BCUT2D eigenvalue weighted by Gasteiger charge is 2.14. The zero-order chi connectivity index (χ0) is 20.4. The molecule has 0 aromatic carbocycles. The molecule has 0 saturated heterocycles. The Hall–Kier alpha value is -2.51. The second-order valence-corrected chi connectivity index (χ2v) is 8.26. The number of ether oxygens (including phenoxy) is 1. The van der Waals surface area contributed by atoms with Crippen molar-refractivity contribution in [3.63, 3.8) is 0 Å². The molecule has 8 nitrogen and oxygen atoms in total. The van der Waals surface area contributed by atoms with Crippen LogP contribution in [0.3, 0.4) is 0 Å². The van der Waals surface area contributed by atoms with Crippen LogP contribution in [-0.2, 0) is 0 Å². The van der Waals surface area contributed by atoms with Gasteiger partial charge in [-0.1, -0.05) is 29.6 Å². The summed E-state index contributed by atoms with van der Waals surface area (Å²) >= 11 is 0. The molecular formula is C22H31N5O3. The van der Waals surface area contributed by atoms with Crippen molar-refractivity contribution in [3.05, 3.63) is 11.8 Å². The predicted octanol–water partition coefficient (Wildman–Crippen LogP) is 5.50. The van der Waals surface area contributed by atoms with Crippen LogP contribution in [0.2, 0.25) is 0 Å². The van der Waals surface area contributed by atoms with Gasteiger partial charge in [-0.15, -0.1) is 15.0 Å². The summed E-state index contributed by atoms with van der Waals surface area (Å²) in [7, 11) is 0. The Morgan fingerprint density at radius 1 is 0.533 bits per heavy atom. The molecule has 3 aliphatic carbocycles. The van der Waals surface area contributed by atoms with E-state index in [2.05, 4.69) is 25.3 Å². The molecule has 3 fully saturated rings. The largest absolute Gasteiger partial charge is 0.432 e. The zero-order valence-electron chi connectivity index (χ0n) is 17.6. The molecule has 8 heteroatoms. The molecule has 0 bridgehead atoms. The van der Waals surface area contributed by atoms with Crippen molar-refractivity contribution in [2.24, 2.45) is 10.3 Å². The van der Waals surface area contributed by atoms with Gasteiger partial charge in [0.2, 0.25) is 0 Å². The summed E-state index contributed by atoms with van der Waals surface area (Å²) in [5.74, 6) is 0. The van der Waals surface area contributed by atoms with Crippen LogP contribution in [0, 0.1) is 0 Å². The molecule has 0 unspecified atom stereocenters. The highest BCUT2D eigenvalue weighted by molar-refractivity contribution is 5.84. The van der Waals surface area contributed by atoms with Gasteiger partial charge < -0.3 is 14.4 Å². The third-order valence-electron chi connectivity index (χ3n) is 5.77. The SMILES string of the molecule is C(Oc1nc(ON=C2CCCCC2)nc(ON=C2CCCCC2)n1)=C1CCCCC1. The molecule has 0 N–H and O–H groups in total. The summed E-state index contributed by atoms with van der Waals surface area (Å²) in [6.45, 7) is 0. The minimum absolute atomic E-state index is 0.0685. The average molecular weight is 414 g/mol. The molecule has 1 heterocycles. The van der Waals surface area contributed by atoms with E-state index in [4.69, 9.17) is 14.4 Å². The van der Waals surface area contributed by atoms with E-state index in [1.54, 1.807) is 6.26 Å². The molecule has 0 spiro atoms. The maximum Gasteiger partial charge on any atom is 0.355 e. The minimum atomic E-state index is 0.0685. The first-order chi connectivity index (χ1) is 14.8. The number of aromatic nitrogens is 3. The van der Waals surface area contributed by atoms with Gasteiger partial charge in [0.15, 0.2) is 0 Å². The minimum Gasteiger partial charge on any atom is -0.432 e. The molecule has 1 aromatic rings. The van der Waals surface area contributed by atoms with Crippen LogP contribution in [0.4, 0.5) is 0 Å². The van der Waals surface area contributed by atoms with E-state index < -0.39 is 0 Å². The number of hydrogen-bond acceptors (Lipinski definition) is 8. The molecule has 1 aromatic heterocycles. The van der Waals surface area contributed by atoms with Crippen LogP contribution in [0.1, 0.15) is 96.3 Å². The average Bonchev–Trinajstić information content (AvgIpc) is 2.82. The van der Waals surface area contributed by atoms with E-state index in [9.17, 15) is 0 Å². The number of oxime groups is 2. The normalized spacial score (nSPS) is 19.8. The maximum absolute atomic E-state index is 5.73. The Morgan fingerprint density at radius 2 is 0.967 bits per heavy atom. The Morgan fingerprint density at radius 3 is 1.47 bits per heavy atom. The van der Waals surface area contributed by atoms with Crippen molar-refractivity contribution in [1.29, 1.82) is 0 Å². The number of hydrogen-bond donors (Lipinski definition) is 0. The lowest BCUT2D eigenvalue weighted by Crippen LogP contribution is -2.09. The van der Waals surface area contributed by atoms with Gasteiger partial charge in [-0.05, 0) is 82.6 Å². The quantitative estimate of drug-likeness (QED) is 0.452. The highest BCUT2D eigenvalue weighted by atomic mass is 16.7. The smallest absolute Gasteiger partial charge is 0.355 e. The topological polar surface area (TPSA) is 91.1 Å². The van der Waals surface area contributed by atoms with Crippen molar-refractivity contribution in [1.82, 2.24) is 15.0 Å². The fourth-order valence-corrected chi connectivity index (χ4v) is 4.03. The number of rotatable bonds is 6. The number of nitrogens with zero attached hydrogens (tertiary/aromatic N) is 5. The Balaban J connectivity index is 1.48. The van der Waals surface area contributed by atoms with Crippen LogP contribution in [-0.4, -0.2) is 26.4 Å². The summed E-state index contributed by atoms with van der Waals surface area (Å²) in [5.41, 5.74) is 3.35. The molecule has 0 amide bonds. The van der Waals surface area contributed by atoms with Gasteiger partial charge in [0.05, 0.1) is 17.7 Å². The molecule has 0 radical (unpaired) electrons. The summed E-state index contributed by atoms with van der Waals surface area (Å²) in [6.07, 6.45) is 18.4. The van der Waals surface area contributed by atoms with Crippen molar-refractivity contribution in [3.8, 4) is 18.0 Å². The van der Waals surface area contributed by atoms with Crippen LogP contribution in [0.15, 0.2) is 22.1 Å². The van der Waals surface area contributed by atoms with Crippen LogP contribution in [0.25, 0.3) is 0 Å². The first-order valence-corrected chi connectivity index (χ1v) is 11.4. The Kier molecular flexibility index (Phi) is 7.63. The lowest BCUT2D eigenvalue weighted by atomic mass is 9.96. The lowest BCUT2D eigenvalue weighted by molar-refractivity contribution is 0.264. The summed E-state index contributed by atoms with van der Waals surface area (Å²) in [4.78, 5) is 23.7. The fraction of sp³-hybridized carbons (Fsp3) is 0.682. The lowest BCUT2D eigenvalue weighted by Gasteiger charge is -2.13. The van der Waals surface area contributed by atoms with Gasteiger partial charge in [0.1, 0.15) is 0 Å². The van der Waals surface area contributed by atoms with Crippen LogP contribution >= 0.6 is 0 Å². The van der Waals surface area contributed by atoms with Gasteiger partial charge >= 0.3 is 18.0 Å². The first-order valence-electron chi connectivity index (χ1n) is 11.4. The van der Waals surface area contributed by atoms with E-state index in [0.717, 1.165) is 75.6 Å².